The number of aromatic nitrogens is 2. The molecule has 0 spiro atoms. The maximum Gasteiger partial charge on any atom is 0.259 e. The number of aryl methyl sites for hydroxylation is 1. The summed E-state index contributed by atoms with van der Waals surface area (Å²) in [5.74, 6) is -0.239. The van der Waals surface area contributed by atoms with Gasteiger partial charge in [0, 0.05) is 60.9 Å². The summed E-state index contributed by atoms with van der Waals surface area (Å²) < 4.78 is 40.1. The molecule has 0 amide bonds. The van der Waals surface area contributed by atoms with E-state index < -0.39 is 11.3 Å². The van der Waals surface area contributed by atoms with E-state index in [4.69, 9.17) is 9.54 Å². The van der Waals surface area contributed by atoms with Crippen molar-refractivity contribution >= 4 is 44.4 Å². The number of piperazine rings is 1. The molecule has 3 aliphatic heterocycles. The molecule has 162 valence electrons. The first-order valence-electron chi connectivity index (χ1n) is 10.3. The Kier molecular flexibility index (Phi) is 5.04. The van der Waals surface area contributed by atoms with Crippen LogP contribution in [-0.2, 0) is 17.8 Å². The molecule has 2 N–H and O–H groups in total. The Bertz CT molecular complexity index is 1280. The SMILES string of the molecule is CCn1cc2c3cc(NS(=O)O)ccc3nc-2c2cc(F)c(N3CCN(C)CC3)cc21. The molecule has 1 atom stereocenters. The van der Waals surface area contributed by atoms with Crippen LogP contribution in [0.5, 0.6) is 0 Å². The lowest BCUT2D eigenvalue weighted by Gasteiger charge is -2.34. The van der Waals surface area contributed by atoms with E-state index in [2.05, 4.69) is 33.1 Å². The fourth-order valence-electron chi connectivity index (χ4n) is 4.41. The van der Waals surface area contributed by atoms with Crippen LogP contribution in [0.4, 0.5) is 15.8 Å². The van der Waals surface area contributed by atoms with Gasteiger partial charge in [-0.15, -0.1) is 0 Å². The predicted octanol–water partition coefficient (Wildman–Crippen LogP) is 3.75. The zero-order chi connectivity index (χ0) is 21.7. The fourth-order valence-corrected chi connectivity index (χ4v) is 4.74. The lowest BCUT2D eigenvalue weighted by atomic mass is 10.0. The Morgan fingerprint density at radius 1 is 1.16 bits per heavy atom. The number of benzene rings is 2. The van der Waals surface area contributed by atoms with Crippen molar-refractivity contribution in [3.8, 4) is 11.3 Å². The summed E-state index contributed by atoms with van der Waals surface area (Å²) in [6.07, 6.45) is 2.04. The molecule has 0 saturated carbocycles. The molecule has 1 saturated heterocycles. The first-order valence-corrected chi connectivity index (χ1v) is 11.4. The third-order valence-electron chi connectivity index (χ3n) is 6.08. The van der Waals surface area contributed by atoms with Crippen molar-refractivity contribution < 1.29 is 13.2 Å². The molecular formula is C22H24FN5O2S. The van der Waals surface area contributed by atoms with Crippen LogP contribution < -0.4 is 9.62 Å². The van der Waals surface area contributed by atoms with Gasteiger partial charge in [0.05, 0.1) is 22.4 Å². The molecule has 1 fully saturated rings. The maximum atomic E-state index is 15.3. The second-order valence-corrected chi connectivity index (χ2v) is 8.69. The Hall–Kier alpha value is -2.75. The van der Waals surface area contributed by atoms with Gasteiger partial charge in [-0.2, -0.15) is 0 Å². The summed E-state index contributed by atoms with van der Waals surface area (Å²) in [5, 5.41) is 1.63. The second-order valence-electron chi connectivity index (χ2n) is 7.98. The van der Waals surface area contributed by atoms with E-state index in [1.54, 1.807) is 18.2 Å². The van der Waals surface area contributed by atoms with Crippen LogP contribution in [0.2, 0.25) is 0 Å². The normalized spacial score (nSPS) is 16.5. The molecule has 0 aromatic heterocycles. The highest BCUT2D eigenvalue weighted by atomic mass is 32.2. The number of hydrogen-bond donors (Lipinski definition) is 2. The highest BCUT2D eigenvalue weighted by molar-refractivity contribution is 7.80. The molecule has 2 aromatic carbocycles. The molecule has 0 aliphatic carbocycles. The van der Waals surface area contributed by atoms with Crippen molar-refractivity contribution in [2.75, 3.05) is 42.8 Å². The van der Waals surface area contributed by atoms with E-state index in [-0.39, 0.29) is 5.82 Å². The molecule has 5 rings (SSSR count). The number of nitrogens with zero attached hydrogens (tertiary/aromatic N) is 4. The van der Waals surface area contributed by atoms with Crippen LogP contribution in [0.1, 0.15) is 6.92 Å². The average Bonchev–Trinajstić information content (AvgIpc) is 3.11. The molecule has 0 radical (unpaired) electrons. The van der Waals surface area contributed by atoms with Gasteiger partial charge in [-0.25, -0.2) is 13.6 Å². The van der Waals surface area contributed by atoms with Gasteiger partial charge in [0.1, 0.15) is 5.82 Å². The quantitative estimate of drug-likeness (QED) is 0.472. The van der Waals surface area contributed by atoms with E-state index in [9.17, 15) is 4.21 Å². The highest BCUT2D eigenvalue weighted by Crippen LogP contribution is 2.39. The second kappa shape index (κ2) is 7.74. The van der Waals surface area contributed by atoms with Gasteiger partial charge in [0.25, 0.3) is 11.3 Å². The van der Waals surface area contributed by atoms with E-state index in [0.29, 0.717) is 11.4 Å². The molecule has 3 aliphatic rings. The van der Waals surface area contributed by atoms with Crippen LogP contribution in [-0.4, -0.2) is 56.4 Å². The largest absolute Gasteiger partial charge is 0.367 e. The molecule has 9 heteroatoms. The number of likely N-dealkylation sites (N-methyl/N-ethyl adjacent to an activating group) is 1. The number of nitrogens with one attached hydrogen (secondary N) is 1. The lowest BCUT2D eigenvalue weighted by Crippen LogP contribution is -2.44. The zero-order valence-corrected chi connectivity index (χ0v) is 18.2. The van der Waals surface area contributed by atoms with Crippen LogP contribution in [0.3, 0.4) is 0 Å². The minimum atomic E-state index is -2.15. The van der Waals surface area contributed by atoms with Gasteiger partial charge in [-0.3, -0.25) is 9.27 Å². The predicted molar refractivity (Wildman–Crippen MR) is 124 cm³/mol. The van der Waals surface area contributed by atoms with Crippen molar-refractivity contribution in [1.29, 1.82) is 0 Å². The molecular weight excluding hydrogens is 417 g/mol. The lowest BCUT2D eigenvalue weighted by molar-refractivity contribution is 0.312. The summed E-state index contributed by atoms with van der Waals surface area (Å²) in [4.78, 5) is 9.13. The standard InChI is InChI=1S/C22H24FN5O2S/c1-3-27-13-17-15-10-14(25-31(29)30)4-5-19(15)24-22(17)16-11-18(23)21(12-20(16)27)28-8-6-26(2)7-9-28/h4-5,10-13,25H,3,6-9H2,1-2H3,(H,29,30). The number of pyridine rings is 1. The van der Waals surface area contributed by atoms with Gasteiger partial charge in [0.15, 0.2) is 0 Å². The minimum absolute atomic E-state index is 0.239. The van der Waals surface area contributed by atoms with Gasteiger partial charge in [-0.05, 0) is 44.3 Å². The summed E-state index contributed by atoms with van der Waals surface area (Å²) in [6, 6.07) is 8.87. The average molecular weight is 442 g/mol. The molecule has 3 heterocycles. The van der Waals surface area contributed by atoms with Crippen molar-refractivity contribution in [3.63, 3.8) is 0 Å². The van der Waals surface area contributed by atoms with E-state index >= 15 is 4.39 Å². The van der Waals surface area contributed by atoms with Crippen LogP contribution in [0.25, 0.3) is 33.1 Å². The first kappa shape index (κ1) is 20.2. The molecule has 2 aromatic rings. The monoisotopic (exact) mass is 441 g/mol. The van der Waals surface area contributed by atoms with Crippen LogP contribution >= 0.6 is 0 Å². The number of fused-ring (bicyclic) bond motifs is 5. The van der Waals surface area contributed by atoms with Gasteiger partial charge >= 0.3 is 0 Å². The van der Waals surface area contributed by atoms with Crippen LogP contribution in [0, 0.1) is 5.82 Å². The third kappa shape index (κ3) is 3.52. The van der Waals surface area contributed by atoms with Gasteiger partial charge < -0.3 is 14.4 Å². The number of halogens is 1. The molecule has 0 bridgehead atoms. The highest BCUT2D eigenvalue weighted by Gasteiger charge is 2.22. The van der Waals surface area contributed by atoms with Crippen molar-refractivity contribution in [3.05, 3.63) is 42.3 Å². The number of hydrogen-bond acceptors (Lipinski definition) is 4. The van der Waals surface area contributed by atoms with Crippen molar-refractivity contribution in [1.82, 2.24) is 14.5 Å². The molecule has 1 unspecified atom stereocenters. The Labute approximate surface area is 182 Å². The number of anilines is 2. The van der Waals surface area contributed by atoms with E-state index in [0.717, 1.165) is 65.8 Å². The van der Waals surface area contributed by atoms with Gasteiger partial charge in [0.2, 0.25) is 0 Å². The van der Waals surface area contributed by atoms with E-state index in [1.165, 1.54) is 0 Å². The molecule has 31 heavy (non-hydrogen) atoms. The van der Waals surface area contributed by atoms with Crippen LogP contribution in [0.15, 0.2) is 36.5 Å². The third-order valence-corrected chi connectivity index (χ3v) is 6.49. The summed E-state index contributed by atoms with van der Waals surface area (Å²) in [6.45, 7) is 6.21. The summed E-state index contributed by atoms with van der Waals surface area (Å²) >= 11 is -2.15. The van der Waals surface area contributed by atoms with Gasteiger partial charge in [-0.1, -0.05) is 0 Å². The number of rotatable bonds is 4. The smallest absolute Gasteiger partial charge is 0.259 e. The zero-order valence-electron chi connectivity index (χ0n) is 17.4. The first-order chi connectivity index (χ1) is 14.9. The maximum absolute atomic E-state index is 15.3. The summed E-state index contributed by atoms with van der Waals surface area (Å²) in [7, 11) is 2.08. The van der Waals surface area contributed by atoms with Crippen molar-refractivity contribution in [2.45, 2.75) is 13.5 Å². The van der Waals surface area contributed by atoms with Crippen molar-refractivity contribution in [2.24, 2.45) is 0 Å². The Morgan fingerprint density at radius 3 is 2.65 bits per heavy atom. The topological polar surface area (TPSA) is 73.6 Å². The Morgan fingerprint density at radius 2 is 1.94 bits per heavy atom. The fraction of sp³-hybridized carbons (Fsp3) is 0.318. The Balaban J connectivity index is 1.70. The minimum Gasteiger partial charge on any atom is -0.367 e. The van der Waals surface area contributed by atoms with E-state index in [1.807, 2.05) is 18.3 Å². The molecule has 7 nitrogen and oxygen atoms in total. The summed E-state index contributed by atoms with van der Waals surface area (Å²) in [5.41, 5.74) is 4.51.